The minimum atomic E-state index is -4.67. The summed E-state index contributed by atoms with van der Waals surface area (Å²) in [4.78, 5) is 32.7. The highest BCUT2D eigenvalue weighted by atomic mass is 19.4. The number of rotatable bonds is 6. The van der Waals surface area contributed by atoms with Crippen LogP contribution in [0.4, 0.5) is 23.4 Å². The zero-order valence-corrected chi connectivity index (χ0v) is 19.7. The Balaban J connectivity index is 1.63. The number of alkyl halides is 3. The lowest BCUT2D eigenvalue weighted by molar-refractivity contribution is -0.137. The van der Waals surface area contributed by atoms with Gasteiger partial charge < -0.3 is 15.4 Å². The molecule has 192 valence electrons. The number of hydrogen-bond acceptors (Lipinski definition) is 6. The van der Waals surface area contributed by atoms with Gasteiger partial charge in [-0.25, -0.2) is 18.9 Å². The molecular formula is C24H20F4N6O3. The fraction of sp³-hybridized carbons (Fsp3) is 0.208. The Bertz CT molecular complexity index is 1500. The number of benzene rings is 1. The third kappa shape index (κ3) is 5.50. The molecule has 2 amide bonds. The number of nitrogens with zero attached hydrogens (tertiary/aromatic N) is 4. The van der Waals surface area contributed by atoms with Crippen molar-refractivity contribution < 1.29 is 31.9 Å². The van der Waals surface area contributed by atoms with E-state index in [2.05, 4.69) is 25.7 Å². The van der Waals surface area contributed by atoms with Gasteiger partial charge in [-0.2, -0.15) is 18.3 Å². The predicted molar refractivity (Wildman–Crippen MR) is 124 cm³/mol. The molecule has 0 radical (unpaired) electrons. The van der Waals surface area contributed by atoms with Gasteiger partial charge in [-0.05, 0) is 43.3 Å². The fourth-order valence-corrected chi connectivity index (χ4v) is 3.60. The van der Waals surface area contributed by atoms with Crippen LogP contribution < -0.4 is 15.4 Å². The van der Waals surface area contributed by atoms with E-state index in [4.69, 9.17) is 4.74 Å². The molecule has 0 aliphatic carbocycles. The molecule has 0 aliphatic rings. The molecule has 0 unspecified atom stereocenters. The molecule has 1 atom stereocenters. The van der Waals surface area contributed by atoms with Gasteiger partial charge in [0, 0.05) is 24.2 Å². The van der Waals surface area contributed by atoms with Crippen molar-refractivity contribution in [3.63, 3.8) is 0 Å². The van der Waals surface area contributed by atoms with E-state index >= 15 is 0 Å². The SMILES string of the molecule is COc1ncc(-c2ccc3nc(NC(C)=O)cn3n2)cc1C(=O)N[C@H](C)c1cc(C(F)(F)F)ccc1F. The maximum Gasteiger partial charge on any atom is 0.416 e. The number of halogens is 4. The number of carbonyl (C=O) groups is 2. The average Bonchev–Trinajstić information content (AvgIpc) is 3.23. The fourth-order valence-electron chi connectivity index (χ4n) is 3.60. The van der Waals surface area contributed by atoms with Crippen LogP contribution in [0.5, 0.6) is 5.88 Å². The largest absolute Gasteiger partial charge is 0.480 e. The minimum absolute atomic E-state index is 0.0364. The Hall–Kier alpha value is -4.55. The monoisotopic (exact) mass is 516 g/mol. The summed E-state index contributed by atoms with van der Waals surface area (Å²) in [6.45, 7) is 2.71. The number of ether oxygens (including phenoxy) is 1. The Labute approximate surface area is 207 Å². The third-order valence-electron chi connectivity index (χ3n) is 5.35. The van der Waals surface area contributed by atoms with E-state index < -0.39 is 29.5 Å². The third-order valence-corrected chi connectivity index (χ3v) is 5.35. The van der Waals surface area contributed by atoms with Crippen molar-refractivity contribution >= 4 is 23.3 Å². The second-order valence-corrected chi connectivity index (χ2v) is 8.04. The topological polar surface area (TPSA) is 111 Å². The number of amides is 2. The minimum Gasteiger partial charge on any atom is -0.480 e. The first-order valence-electron chi connectivity index (χ1n) is 10.8. The number of hydrogen-bond donors (Lipinski definition) is 2. The predicted octanol–water partition coefficient (Wildman–Crippen LogP) is 4.41. The van der Waals surface area contributed by atoms with Crippen molar-refractivity contribution in [3.8, 4) is 17.1 Å². The zero-order chi connectivity index (χ0) is 26.9. The van der Waals surface area contributed by atoms with Crippen LogP contribution in [0.3, 0.4) is 0 Å². The van der Waals surface area contributed by atoms with Crippen molar-refractivity contribution in [2.75, 3.05) is 12.4 Å². The molecule has 0 aliphatic heterocycles. The number of aromatic nitrogens is 4. The molecule has 3 aromatic heterocycles. The molecule has 3 heterocycles. The molecule has 0 bridgehead atoms. The van der Waals surface area contributed by atoms with Crippen molar-refractivity contribution in [3.05, 3.63) is 71.3 Å². The van der Waals surface area contributed by atoms with E-state index in [0.29, 0.717) is 40.9 Å². The number of fused-ring (bicyclic) bond motifs is 1. The van der Waals surface area contributed by atoms with Gasteiger partial charge in [-0.1, -0.05) is 0 Å². The molecule has 0 fully saturated rings. The highest BCUT2D eigenvalue weighted by Crippen LogP contribution is 2.32. The summed E-state index contributed by atoms with van der Waals surface area (Å²) < 4.78 is 60.2. The first-order valence-corrected chi connectivity index (χ1v) is 10.8. The van der Waals surface area contributed by atoms with E-state index in [1.54, 1.807) is 12.1 Å². The molecule has 2 N–H and O–H groups in total. The Morgan fingerprint density at radius 2 is 1.89 bits per heavy atom. The van der Waals surface area contributed by atoms with Crippen LogP contribution in [0.2, 0.25) is 0 Å². The Morgan fingerprint density at radius 1 is 1.14 bits per heavy atom. The number of imidazole rings is 1. The molecular weight excluding hydrogens is 496 g/mol. The van der Waals surface area contributed by atoms with Crippen molar-refractivity contribution in [1.29, 1.82) is 0 Å². The molecule has 9 nitrogen and oxygen atoms in total. The van der Waals surface area contributed by atoms with Crippen LogP contribution >= 0.6 is 0 Å². The molecule has 37 heavy (non-hydrogen) atoms. The van der Waals surface area contributed by atoms with Gasteiger partial charge in [0.05, 0.1) is 30.6 Å². The van der Waals surface area contributed by atoms with E-state index in [9.17, 15) is 27.2 Å². The highest BCUT2D eigenvalue weighted by molar-refractivity contribution is 5.97. The van der Waals surface area contributed by atoms with Crippen LogP contribution in [0.1, 0.15) is 41.4 Å². The number of pyridine rings is 1. The van der Waals surface area contributed by atoms with Gasteiger partial charge in [-0.3, -0.25) is 9.59 Å². The van der Waals surface area contributed by atoms with Gasteiger partial charge in [0.2, 0.25) is 11.8 Å². The normalized spacial score (nSPS) is 12.3. The lowest BCUT2D eigenvalue weighted by Gasteiger charge is -2.18. The summed E-state index contributed by atoms with van der Waals surface area (Å²) in [5, 5.41) is 9.47. The first-order chi connectivity index (χ1) is 17.5. The Morgan fingerprint density at radius 3 is 2.57 bits per heavy atom. The molecule has 0 spiro atoms. The standard InChI is InChI=1S/C24H20F4N6O3/c1-12(16-9-15(24(26,27)28)4-5-18(16)25)30-22(36)17-8-14(10-29-23(17)37-3)19-6-7-21-32-20(31-13(2)35)11-34(21)33-19/h4-12H,1-3H3,(H,30,36)(H,31,35)/t12-/m1/s1. The maximum absolute atomic E-state index is 14.3. The first kappa shape index (κ1) is 25.5. The van der Waals surface area contributed by atoms with Crippen LogP contribution in [0, 0.1) is 5.82 Å². The Kier molecular flexibility index (Phi) is 6.79. The summed E-state index contributed by atoms with van der Waals surface area (Å²) >= 11 is 0. The van der Waals surface area contributed by atoms with Crippen LogP contribution in [-0.2, 0) is 11.0 Å². The van der Waals surface area contributed by atoms with Gasteiger partial charge in [0.1, 0.15) is 11.4 Å². The highest BCUT2D eigenvalue weighted by Gasteiger charge is 2.32. The maximum atomic E-state index is 14.3. The number of nitrogens with one attached hydrogen (secondary N) is 2. The van der Waals surface area contributed by atoms with Crippen LogP contribution in [0.15, 0.2) is 48.8 Å². The summed E-state index contributed by atoms with van der Waals surface area (Å²) in [5.41, 5.74) is -0.113. The van der Waals surface area contributed by atoms with Gasteiger partial charge in [0.25, 0.3) is 5.91 Å². The second-order valence-electron chi connectivity index (χ2n) is 8.04. The summed E-state index contributed by atoms with van der Waals surface area (Å²) in [6, 6.07) is 5.62. The molecule has 4 aromatic rings. The quantitative estimate of drug-likeness (QED) is 0.368. The molecule has 0 saturated carbocycles. The van der Waals surface area contributed by atoms with Crippen molar-refractivity contribution in [2.45, 2.75) is 26.1 Å². The lowest BCUT2D eigenvalue weighted by atomic mass is 10.0. The number of carbonyl (C=O) groups excluding carboxylic acids is 2. The van der Waals surface area contributed by atoms with Gasteiger partial charge in [-0.15, -0.1) is 0 Å². The van der Waals surface area contributed by atoms with Gasteiger partial charge >= 0.3 is 6.18 Å². The second kappa shape index (κ2) is 9.84. The van der Waals surface area contributed by atoms with Gasteiger partial charge in [0.15, 0.2) is 11.5 Å². The molecule has 13 heteroatoms. The van der Waals surface area contributed by atoms with Crippen molar-refractivity contribution in [2.24, 2.45) is 0 Å². The summed E-state index contributed by atoms with van der Waals surface area (Å²) in [5.74, 6) is -1.67. The average molecular weight is 516 g/mol. The van der Waals surface area contributed by atoms with Crippen LogP contribution in [0.25, 0.3) is 16.9 Å². The lowest BCUT2D eigenvalue weighted by Crippen LogP contribution is -2.28. The van der Waals surface area contributed by atoms with E-state index in [1.165, 1.54) is 43.9 Å². The van der Waals surface area contributed by atoms with E-state index in [0.717, 1.165) is 0 Å². The summed E-state index contributed by atoms with van der Waals surface area (Å²) in [6.07, 6.45) is -1.73. The molecule has 0 saturated heterocycles. The summed E-state index contributed by atoms with van der Waals surface area (Å²) in [7, 11) is 1.30. The molecule has 1 aromatic carbocycles. The number of methoxy groups -OCH3 is 1. The van der Waals surface area contributed by atoms with Crippen molar-refractivity contribution in [1.82, 2.24) is 24.9 Å². The van der Waals surface area contributed by atoms with E-state index in [-0.39, 0.29) is 22.9 Å². The smallest absolute Gasteiger partial charge is 0.416 e. The zero-order valence-electron chi connectivity index (χ0n) is 19.7. The van der Waals surface area contributed by atoms with Crippen LogP contribution in [-0.4, -0.2) is 38.5 Å². The van der Waals surface area contributed by atoms with E-state index in [1.807, 2.05) is 0 Å². The number of anilines is 1. The molecule has 4 rings (SSSR count).